The summed E-state index contributed by atoms with van der Waals surface area (Å²) in [6.45, 7) is 3.73. The number of nitrogens with zero attached hydrogens (tertiary/aromatic N) is 3. The topological polar surface area (TPSA) is 58.1 Å². The lowest BCUT2D eigenvalue weighted by molar-refractivity contribution is -0.136. The first-order chi connectivity index (χ1) is 13.2. The monoisotopic (exact) mass is 390 g/mol. The molecule has 2 saturated heterocycles. The maximum Gasteiger partial charge on any atom is 0.418 e. The van der Waals surface area contributed by atoms with Crippen molar-refractivity contribution in [2.75, 3.05) is 5.32 Å². The Labute approximate surface area is 161 Å². The molecule has 0 radical (unpaired) electrons. The van der Waals surface area contributed by atoms with Crippen LogP contribution in [0.1, 0.15) is 37.3 Å². The highest BCUT2D eigenvalue weighted by molar-refractivity contribution is 5.92. The molecule has 2 bridgehead atoms. The third-order valence-electron chi connectivity index (χ3n) is 5.67. The molecular weight excluding hydrogens is 369 g/mol. The average molecular weight is 390 g/mol. The van der Waals surface area contributed by atoms with Crippen LogP contribution in [-0.2, 0) is 6.18 Å². The lowest BCUT2D eigenvalue weighted by atomic mass is 9.74. The summed E-state index contributed by atoms with van der Waals surface area (Å²) in [5.74, 6) is 0.543. The molecule has 3 heterocycles. The first-order valence-electron chi connectivity index (χ1n) is 9.33. The van der Waals surface area contributed by atoms with Crippen molar-refractivity contribution < 1.29 is 18.0 Å². The van der Waals surface area contributed by atoms with E-state index in [9.17, 15) is 18.0 Å². The number of fused-ring (bicyclic) bond motifs is 2. The third kappa shape index (κ3) is 3.31. The number of benzene rings is 1. The van der Waals surface area contributed by atoms with Gasteiger partial charge in [-0.25, -0.2) is 4.79 Å². The van der Waals surface area contributed by atoms with Crippen molar-refractivity contribution in [3.05, 3.63) is 41.6 Å². The van der Waals surface area contributed by atoms with E-state index in [2.05, 4.69) is 22.4 Å². The largest absolute Gasteiger partial charge is 0.418 e. The van der Waals surface area contributed by atoms with E-state index in [1.54, 1.807) is 24.0 Å². The van der Waals surface area contributed by atoms with Gasteiger partial charge in [0.15, 0.2) is 0 Å². The number of halogens is 3. The summed E-state index contributed by atoms with van der Waals surface area (Å²) in [5.41, 5.74) is 0.278. The number of carbonyl (C=O) groups excluding carboxylic acids is 1. The van der Waals surface area contributed by atoms with Crippen LogP contribution >= 0.6 is 0 Å². The fraction of sp³-hybridized carbons (Fsp3) is 0.450. The highest BCUT2D eigenvalue weighted by Crippen LogP contribution is 2.43. The van der Waals surface area contributed by atoms with Crippen LogP contribution in [0.5, 0.6) is 0 Å². The Morgan fingerprint density at radius 1 is 1.21 bits per heavy atom. The van der Waals surface area contributed by atoms with Crippen LogP contribution in [0.15, 0.2) is 30.5 Å². The molecule has 0 spiro atoms. The summed E-state index contributed by atoms with van der Waals surface area (Å²) in [5, 5.41) is 10.3. The van der Waals surface area contributed by atoms with E-state index >= 15 is 0 Å². The van der Waals surface area contributed by atoms with Crippen LogP contribution in [-0.4, -0.2) is 33.2 Å². The van der Waals surface area contributed by atoms with E-state index in [-0.39, 0.29) is 17.8 Å². The molecule has 0 saturated carbocycles. The van der Waals surface area contributed by atoms with Gasteiger partial charge in [0, 0.05) is 23.8 Å². The fourth-order valence-corrected chi connectivity index (χ4v) is 4.42. The van der Waals surface area contributed by atoms with Crippen LogP contribution in [0.3, 0.4) is 0 Å². The highest BCUT2D eigenvalue weighted by atomic mass is 19.4. The quantitative estimate of drug-likeness (QED) is 0.795. The Bertz CT molecular complexity index is 888. The molecule has 2 fully saturated rings. The molecule has 1 aromatic carbocycles. The van der Waals surface area contributed by atoms with E-state index < -0.39 is 17.8 Å². The number of nitrogens with one attached hydrogen (secondary N) is 1. The Hall–Kier alpha value is -2.64. The Morgan fingerprint density at radius 2 is 1.93 bits per heavy atom. The summed E-state index contributed by atoms with van der Waals surface area (Å²) >= 11 is 0. The van der Waals surface area contributed by atoms with Crippen molar-refractivity contribution in [1.29, 1.82) is 0 Å². The van der Waals surface area contributed by atoms with Crippen molar-refractivity contribution in [3.8, 4) is 11.3 Å². The molecule has 2 atom stereocenters. The lowest BCUT2D eigenvalue weighted by Gasteiger charge is -2.54. The standard InChI is InChI=1S/C20H21F3N4O/c1-11-6-13-9-14(7-11)27(13)19(28)25-18-10-15(17-4-3-5-24-26-17)12(2)8-16(18)20(21,22)23/h3-5,8,10-11,13-14H,6-7,9H2,1-2H3,(H,25,28). The van der Waals surface area contributed by atoms with Gasteiger partial charge in [-0.3, -0.25) is 0 Å². The fourth-order valence-electron chi connectivity index (χ4n) is 4.42. The zero-order chi connectivity index (χ0) is 20.1. The maximum absolute atomic E-state index is 13.6. The molecule has 2 unspecified atom stereocenters. The van der Waals surface area contributed by atoms with Crippen molar-refractivity contribution >= 4 is 11.7 Å². The number of hydrogen-bond donors (Lipinski definition) is 1. The predicted octanol–water partition coefficient (Wildman–Crippen LogP) is 4.88. The Kier molecular flexibility index (Phi) is 4.51. The molecule has 2 amide bonds. The van der Waals surface area contributed by atoms with E-state index in [4.69, 9.17) is 0 Å². The first-order valence-corrected chi connectivity index (χ1v) is 9.33. The van der Waals surface area contributed by atoms with Crippen molar-refractivity contribution in [2.45, 2.75) is 51.4 Å². The molecule has 28 heavy (non-hydrogen) atoms. The highest BCUT2D eigenvalue weighted by Gasteiger charge is 2.47. The Balaban J connectivity index is 1.67. The number of alkyl halides is 3. The third-order valence-corrected chi connectivity index (χ3v) is 5.67. The predicted molar refractivity (Wildman–Crippen MR) is 98.7 cm³/mol. The van der Waals surface area contributed by atoms with Gasteiger partial charge in [-0.15, -0.1) is 0 Å². The molecule has 1 aromatic heterocycles. The molecule has 2 aliphatic heterocycles. The molecule has 5 nitrogen and oxygen atoms in total. The summed E-state index contributed by atoms with van der Waals surface area (Å²) < 4.78 is 40.8. The lowest BCUT2D eigenvalue weighted by Crippen LogP contribution is -2.63. The van der Waals surface area contributed by atoms with E-state index in [1.807, 2.05) is 0 Å². The maximum atomic E-state index is 13.6. The van der Waals surface area contributed by atoms with E-state index in [0.717, 1.165) is 25.3 Å². The van der Waals surface area contributed by atoms with Crippen molar-refractivity contribution in [2.24, 2.45) is 5.92 Å². The van der Waals surface area contributed by atoms with Crippen LogP contribution in [0.4, 0.5) is 23.7 Å². The van der Waals surface area contributed by atoms with Gasteiger partial charge in [0.25, 0.3) is 0 Å². The van der Waals surface area contributed by atoms with Crippen LogP contribution in [0.25, 0.3) is 11.3 Å². The molecule has 4 rings (SSSR count). The minimum atomic E-state index is -4.58. The smallest absolute Gasteiger partial charge is 0.318 e. The minimum absolute atomic E-state index is 0.119. The van der Waals surface area contributed by atoms with Crippen LogP contribution in [0.2, 0.25) is 0 Å². The summed E-state index contributed by atoms with van der Waals surface area (Å²) in [6, 6.07) is 5.51. The van der Waals surface area contributed by atoms with Crippen molar-refractivity contribution in [3.63, 3.8) is 0 Å². The second-order valence-corrected chi connectivity index (χ2v) is 7.78. The van der Waals surface area contributed by atoms with Crippen LogP contribution < -0.4 is 5.32 Å². The molecule has 2 aromatic rings. The number of urea groups is 1. The number of anilines is 1. The number of amides is 2. The normalized spacial score (nSPS) is 23.9. The van der Waals surface area contributed by atoms with Gasteiger partial charge < -0.3 is 10.2 Å². The minimum Gasteiger partial charge on any atom is -0.318 e. The van der Waals surface area contributed by atoms with Crippen LogP contribution in [0, 0.1) is 12.8 Å². The van der Waals surface area contributed by atoms with Gasteiger partial charge in [0.2, 0.25) is 0 Å². The number of carbonyl (C=O) groups is 1. The zero-order valence-electron chi connectivity index (χ0n) is 15.6. The van der Waals surface area contributed by atoms with Gasteiger partial charge in [-0.2, -0.15) is 23.4 Å². The summed E-state index contributed by atoms with van der Waals surface area (Å²) in [4.78, 5) is 14.4. The first kappa shape index (κ1) is 18.7. The number of hydrogen-bond acceptors (Lipinski definition) is 3. The number of aromatic nitrogens is 2. The second-order valence-electron chi connectivity index (χ2n) is 7.78. The van der Waals surface area contributed by atoms with Gasteiger partial charge in [-0.1, -0.05) is 6.92 Å². The Morgan fingerprint density at radius 3 is 2.54 bits per heavy atom. The molecular formula is C20H21F3N4O. The SMILES string of the molecule is Cc1cc(C(F)(F)F)c(NC(=O)N2C3CC(C)CC2C3)cc1-c1cccnn1. The second kappa shape index (κ2) is 6.76. The zero-order valence-corrected chi connectivity index (χ0v) is 15.6. The summed E-state index contributed by atoms with van der Waals surface area (Å²) in [6.07, 6.45) is -0.352. The number of rotatable bonds is 2. The van der Waals surface area contributed by atoms with Crippen molar-refractivity contribution in [1.82, 2.24) is 15.1 Å². The van der Waals surface area contributed by atoms with Gasteiger partial charge in [0.1, 0.15) is 0 Å². The summed E-state index contributed by atoms with van der Waals surface area (Å²) in [7, 11) is 0. The van der Waals surface area contributed by atoms with Gasteiger partial charge >= 0.3 is 12.2 Å². The van der Waals surface area contributed by atoms with Gasteiger partial charge in [0.05, 0.1) is 16.9 Å². The number of aryl methyl sites for hydroxylation is 1. The molecule has 2 aliphatic rings. The van der Waals surface area contributed by atoms with E-state index in [1.165, 1.54) is 12.3 Å². The van der Waals surface area contributed by atoms with E-state index in [0.29, 0.717) is 22.7 Å². The molecule has 148 valence electrons. The number of piperidine rings is 1. The molecule has 8 heteroatoms. The average Bonchev–Trinajstić information content (AvgIpc) is 2.62. The van der Waals surface area contributed by atoms with Gasteiger partial charge in [-0.05, 0) is 61.9 Å². The molecule has 1 N–H and O–H groups in total. The molecule has 0 aliphatic carbocycles.